The van der Waals surface area contributed by atoms with E-state index in [1.54, 1.807) is 18.4 Å². The van der Waals surface area contributed by atoms with Crippen LogP contribution in [-0.4, -0.2) is 20.4 Å². The Hall–Kier alpha value is -3.87. The Morgan fingerprint density at radius 1 is 1.00 bits per heavy atom. The predicted octanol–water partition coefficient (Wildman–Crippen LogP) is 3.69. The number of carbonyl (C=O) groups is 1. The van der Waals surface area contributed by atoms with E-state index in [0.717, 1.165) is 16.9 Å². The molecule has 0 saturated heterocycles. The highest BCUT2D eigenvalue weighted by Gasteiger charge is 2.30. The molecule has 7 heteroatoms. The molecule has 4 rings (SSSR count). The maximum Gasteiger partial charge on any atom is 0.243 e. The monoisotopic (exact) mass is 387 g/mol. The Labute approximate surface area is 168 Å². The minimum absolute atomic E-state index is 0.341. The van der Waals surface area contributed by atoms with Crippen molar-refractivity contribution in [1.82, 2.24) is 14.5 Å². The lowest BCUT2D eigenvalue weighted by molar-refractivity contribution is -0.124. The number of anilines is 1. The lowest BCUT2D eigenvalue weighted by Crippen LogP contribution is -2.40. The van der Waals surface area contributed by atoms with Gasteiger partial charge in [-0.05, 0) is 43.7 Å². The van der Waals surface area contributed by atoms with E-state index in [2.05, 4.69) is 9.97 Å². The standard InChI is InChI=1S/C22H21N5O2/c1-22(2,21(24)28)27-12-17(18-19(23)25-13-26-20(18)27)14-8-10-16(11-9-14)29-15-6-4-3-5-7-15/h3-13H,1-2H3,(H2,24,28)(H2,23,25,26). The molecule has 4 N–H and O–H groups in total. The van der Waals surface area contributed by atoms with Crippen LogP contribution in [0.15, 0.2) is 67.1 Å². The lowest BCUT2D eigenvalue weighted by atomic mass is 10.0. The molecule has 1 amide bonds. The molecule has 2 heterocycles. The molecule has 0 saturated carbocycles. The summed E-state index contributed by atoms with van der Waals surface area (Å²) in [4.78, 5) is 20.5. The summed E-state index contributed by atoms with van der Waals surface area (Å²) >= 11 is 0. The Balaban J connectivity index is 1.79. The van der Waals surface area contributed by atoms with Crippen molar-refractivity contribution in [2.75, 3.05) is 5.73 Å². The van der Waals surface area contributed by atoms with Gasteiger partial charge in [0, 0.05) is 11.8 Å². The number of amides is 1. The number of para-hydroxylation sites is 1. The summed E-state index contributed by atoms with van der Waals surface area (Å²) in [6, 6.07) is 17.2. The summed E-state index contributed by atoms with van der Waals surface area (Å²) in [5.41, 5.74) is 13.1. The van der Waals surface area contributed by atoms with Crippen LogP contribution in [0.4, 0.5) is 5.82 Å². The molecule has 146 valence electrons. The summed E-state index contributed by atoms with van der Waals surface area (Å²) in [6.45, 7) is 3.49. The van der Waals surface area contributed by atoms with Gasteiger partial charge in [0.15, 0.2) is 0 Å². The average molecular weight is 387 g/mol. The molecular formula is C22H21N5O2. The largest absolute Gasteiger partial charge is 0.457 e. The zero-order valence-electron chi connectivity index (χ0n) is 16.2. The normalized spacial score (nSPS) is 11.5. The van der Waals surface area contributed by atoms with Crippen LogP contribution in [0.5, 0.6) is 11.5 Å². The summed E-state index contributed by atoms with van der Waals surface area (Å²) in [6.07, 6.45) is 3.22. The molecule has 0 radical (unpaired) electrons. The number of hydrogen-bond acceptors (Lipinski definition) is 5. The highest BCUT2D eigenvalue weighted by atomic mass is 16.5. The summed E-state index contributed by atoms with van der Waals surface area (Å²) in [5, 5.41) is 0.679. The molecule has 0 atom stereocenters. The zero-order chi connectivity index (χ0) is 20.6. The fourth-order valence-electron chi connectivity index (χ4n) is 3.18. The van der Waals surface area contributed by atoms with Gasteiger partial charge in [-0.25, -0.2) is 9.97 Å². The van der Waals surface area contributed by atoms with Crippen LogP contribution >= 0.6 is 0 Å². The molecule has 0 aliphatic carbocycles. The number of nitrogens with two attached hydrogens (primary N) is 2. The van der Waals surface area contributed by atoms with Gasteiger partial charge in [0.2, 0.25) is 5.91 Å². The smallest absolute Gasteiger partial charge is 0.243 e. The predicted molar refractivity (Wildman–Crippen MR) is 112 cm³/mol. The van der Waals surface area contributed by atoms with Crippen LogP contribution in [0.2, 0.25) is 0 Å². The lowest BCUT2D eigenvalue weighted by Gasteiger charge is -2.23. The molecule has 0 aliphatic heterocycles. The molecular weight excluding hydrogens is 366 g/mol. The SMILES string of the molecule is CC(C)(C(N)=O)n1cc(-c2ccc(Oc3ccccc3)cc2)c2c(N)ncnc21. The molecule has 7 nitrogen and oxygen atoms in total. The minimum Gasteiger partial charge on any atom is -0.457 e. The molecule has 0 bridgehead atoms. The van der Waals surface area contributed by atoms with Crippen molar-refractivity contribution >= 4 is 22.8 Å². The molecule has 0 aliphatic rings. The van der Waals surface area contributed by atoms with E-state index in [1.807, 2.05) is 60.8 Å². The van der Waals surface area contributed by atoms with Crippen molar-refractivity contribution in [3.05, 3.63) is 67.1 Å². The van der Waals surface area contributed by atoms with Crippen LogP contribution < -0.4 is 16.2 Å². The van der Waals surface area contributed by atoms with Crippen LogP contribution in [0, 0.1) is 0 Å². The van der Waals surface area contributed by atoms with Crippen molar-refractivity contribution in [2.45, 2.75) is 19.4 Å². The first-order valence-electron chi connectivity index (χ1n) is 9.13. The zero-order valence-corrected chi connectivity index (χ0v) is 16.2. The third-order valence-electron chi connectivity index (χ3n) is 4.96. The highest BCUT2D eigenvalue weighted by Crippen LogP contribution is 2.36. The van der Waals surface area contributed by atoms with Crippen molar-refractivity contribution in [3.63, 3.8) is 0 Å². The van der Waals surface area contributed by atoms with Gasteiger partial charge in [0.05, 0.1) is 5.39 Å². The molecule has 0 unspecified atom stereocenters. The first-order valence-corrected chi connectivity index (χ1v) is 9.13. The molecule has 29 heavy (non-hydrogen) atoms. The summed E-state index contributed by atoms with van der Waals surface area (Å²) < 4.78 is 7.60. The van der Waals surface area contributed by atoms with Gasteiger partial charge in [0.25, 0.3) is 0 Å². The molecule has 4 aromatic rings. The Morgan fingerprint density at radius 2 is 1.66 bits per heavy atom. The number of carbonyl (C=O) groups excluding carboxylic acids is 1. The molecule has 0 fully saturated rings. The Kier molecular flexibility index (Phi) is 4.43. The molecule has 2 aromatic heterocycles. The molecule has 2 aromatic carbocycles. The van der Waals surface area contributed by atoms with E-state index < -0.39 is 11.4 Å². The summed E-state index contributed by atoms with van der Waals surface area (Å²) in [7, 11) is 0. The second kappa shape index (κ2) is 6.94. The number of nitrogens with zero attached hydrogens (tertiary/aromatic N) is 3. The number of hydrogen-bond donors (Lipinski definition) is 2. The topological polar surface area (TPSA) is 109 Å². The van der Waals surface area contributed by atoms with E-state index in [9.17, 15) is 4.79 Å². The third kappa shape index (κ3) is 3.27. The number of nitrogen functional groups attached to an aromatic ring is 1. The Bertz CT molecular complexity index is 1180. The Morgan fingerprint density at radius 3 is 2.31 bits per heavy atom. The maximum absolute atomic E-state index is 12.0. The van der Waals surface area contributed by atoms with Gasteiger partial charge in [-0.2, -0.15) is 0 Å². The second-order valence-corrected chi connectivity index (χ2v) is 7.23. The number of primary amides is 1. The van der Waals surface area contributed by atoms with Gasteiger partial charge < -0.3 is 20.8 Å². The average Bonchev–Trinajstić information content (AvgIpc) is 3.11. The van der Waals surface area contributed by atoms with Crippen LogP contribution in [-0.2, 0) is 10.3 Å². The van der Waals surface area contributed by atoms with Crippen LogP contribution in [0.1, 0.15) is 13.8 Å². The number of fused-ring (bicyclic) bond motifs is 1. The van der Waals surface area contributed by atoms with E-state index in [-0.39, 0.29) is 0 Å². The molecule has 0 spiro atoms. The van der Waals surface area contributed by atoms with E-state index in [1.165, 1.54) is 6.33 Å². The van der Waals surface area contributed by atoms with Crippen LogP contribution in [0.25, 0.3) is 22.2 Å². The van der Waals surface area contributed by atoms with Crippen molar-refractivity contribution in [2.24, 2.45) is 5.73 Å². The van der Waals surface area contributed by atoms with E-state index >= 15 is 0 Å². The fourth-order valence-corrected chi connectivity index (χ4v) is 3.18. The number of aromatic nitrogens is 3. The van der Waals surface area contributed by atoms with Gasteiger partial charge in [-0.15, -0.1) is 0 Å². The van der Waals surface area contributed by atoms with Gasteiger partial charge >= 0.3 is 0 Å². The van der Waals surface area contributed by atoms with Crippen molar-refractivity contribution in [1.29, 1.82) is 0 Å². The maximum atomic E-state index is 12.0. The number of ether oxygens (including phenoxy) is 1. The number of rotatable bonds is 5. The van der Waals surface area contributed by atoms with Crippen molar-refractivity contribution in [3.8, 4) is 22.6 Å². The number of benzene rings is 2. The fraction of sp³-hybridized carbons (Fsp3) is 0.136. The van der Waals surface area contributed by atoms with Crippen LogP contribution in [0.3, 0.4) is 0 Å². The second-order valence-electron chi connectivity index (χ2n) is 7.23. The summed E-state index contributed by atoms with van der Waals surface area (Å²) in [5.74, 6) is 1.35. The van der Waals surface area contributed by atoms with Gasteiger partial charge in [-0.3, -0.25) is 4.79 Å². The quantitative estimate of drug-likeness (QED) is 0.543. The van der Waals surface area contributed by atoms with Gasteiger partial charge in [-0.1, -0.05) is 30.3 Å². The van der Waals surface area contributed by atoms with Gasteiger partial charge in [0.1, 0.15) is 34.8 Å². The first kappa shape index (κ1) is 18.5. The third-order valence-corrected chi connectivity index (χ3v) is 4.96. The van der Waals surface area contributed by atoms with Crippen molar-refractivity contribution < 1.29 is 9.53 Å². The van der Waals surface area contributed by atoms with E-state index in [0.29, 0.717) is 22.6 Å². The highest BCUT2D eigenvalue weighted by molar-refractivity contribution is 6.01. The van der Waals surface area contributed by atoms with E-state index in [4.69, 9.17) is 16.2 Å². The minimum atomic E-state index is -0.979. The first-order chi connectivity index (χ1) is 13.9.